The highest BCUT2D eigenvalue weighted by Crippen LogP contribution is 2.17. The van der Waals surface area contributed by atoms with Gasteiger partial charge >= 0.3 is 0 Å². The maximum atomic E-state index is 11.9. The smallest absolute Gasteiger partial charge is 0.271 e. The number of nitrogens with one attached hydrogen (secondary N) is 1. The topological polar surface area (TPSA) is 81.5 Å². The fourth-order valence-corrected chi connectivity index (χ4v) is 2.38. The molecule has 0 aromatic heterocycles. The average molecular weight is 342 g/mol. The Labute approximate surface area is 147 Å². The monoisotopic (exact) mass is 342 g/mol. The number of rotatable bonds is 9. The highest BCUT2D eigenvalue weighted by molar-refractivity contribution is 5.90. The number of nitro benzene ring substituents is 1. The molecule has 6 nitrogen and oxygen atoms in total. The Morgan fingerprint density at radius 1 is 1.20 bits per heavy atom. The van der Waals surface area contributed by atoms with Crippen molar-refractivity contribution >= 4 is 17.3 Å². The number of anilines is 1. The Morgan fingerprint density at radius 3 is 2.64 bits per heavy atom. The number of amides is 1. The summed E-state index contributed by atoms with van der Waals surface area (Å²) in [5.74, 6) is 0.598. The van der Waals surface area contributed by atoms with Gasteiger partial charge in [0.05, 0.1) is 11.5 Å². The van der Waals surface area contributed by atoms with E-state index in [0.29, 0.717) is 18.7 Å². The zero-order valence-corrected chi connectivity index (χ0v) is 14.2. The number of non-ortho nitro benzene ring substituents is 1. The minimum Gasteiger partial charge on any atom is -0.494 e. The van der Waals surface area contributed by atoms with Crippen molar-refractivity contribution in [1.82, 2.24) is 0 Å². The first-order valence-electron chi connectivity index (χ1n) is 8.34. The Morgan fingerprint density at radius 2 is 1.96 bits per heavy atom. The van der Waals surface area contributed by atoms with Crippen LogP contribution in [0.2, 0.25) is 0 Å². The Balaban J connectivity index is 1.71. The molecule has 25 heavy (non-hydrogen) atoms. The van der Waals surface area contributed by atoms with E-state index in [4.69, 9.17) is 4.74 Å². The van der Waals surface area contributed by atoms with E-state index >= 15 is 0 Å². The normalized spacial score (nSPS) is 10.3. The molecule has 0 heterocycles. The van der Waals surface area contributed by atoms with Gasteiger partial charge in [-0.3, -0.25) is 14.9 Å². The molecule has 2 rings (SSSR count). The first-order chi connectivity index (χ1) is 12.1. The minimum atomic E-state index is -0.491. The second-order valence-electron chi connectivity index (χ2n) is 5.70. The van der Waals surface area contributed by atoms with Gasteiger partial charge in [-0.15, -0.1) is 0 Å². The number of nitrogens with zero attached hydrogens (tertiary/aromatic N) is 1. The second-order valence-corrected chi connectivity index (χ2v) is 5.70. The molecule has 2 aromatic carbocycles. The number of benzene rings is 2. The Kier molecular flexibility index (Phi) is 6.95. The Bertz CT molecular complexity index is 714. The molecule has 0 aliphatic heterocycles. The lowest BCUT2D eigenvalue weighted by atomic mass is 10.1. The Hall–Kier alpha value is -2.89. The zero-order chi connectivity index (χ0) is 18.1. The summed E-state index contributed by atoms with van der Waals surface area (Å²) >= 11 is 0. The van der Waals surface area contributed by atoms with Gasteiger partial charge in [-0.2, -0.15) is 0 Å². The van der Waals surface area contributed by atoms with Crippen LogP contribution in [-0.2, 0) is 11.2 Å². The van der Waals surface area contributed by atoms with Crippen molar-refractivity contribution in [3.05, 3.63) is 64.2 Å². The maximum Gasteiger partial charge on any atom is 0.271 e. The van der Waals surface area contributed by atoms with Crippen molar-refractivity contribution in [2.45, 2.75) is 32.6 Å². The molecule has 0 atom stereocenters. The van der Waals surface area contributed by atoms with E-state index in [2.05, 4.69) is 12.2 Å². The summed E-state index contributed by atoms with van der Waals surface area (Å²) in [5, 5.41) is 13.4. The molecular formula is C19H22N2O4. The third kappa shape index (κ3) is 6.25. The van der Waals surface area contributed by atoms with Crippen molar-refractivity contribution in [2.75, 3.05) is 11.9 Å². The molecule has 0 spiro atoms. The van der Waals surface area contributed by atoms with E-state index in [1.54, 1.807) is 12.1 Å². The quantitative estimate of drug-likeness (QED) is 0.417. The van der Waals surface area contributed by atoms with Crippen LogP contribution in [-0.4, -0.2) is 17.4 Å². The number of ether oxygens (including phenoxy) is 1. The molecule has 0 fully saturated rings. The van der Waals surface area contributed by atoms with Gasteiger partial charge in [-0.05, 0) is 36.6 Å². The van der Waals surface area contributed by atoms with Gasteiger partial charge < -0.3 is 10.1 Å². The first kappa shape index (κ1) is 18.4. The maximum absolute atomic E-state index is 11.9. The number of hydrogen-bond acceptors (Lipinski definition) is 4. The van der Waals surface area contributed by atoms with Gasteiger partial charge in [0.1, 0.15) is 5.75 Å². The molecule has 1 N–H and O–H groups in total. The molecule has 0 bridgehead atoms. The molecule has 2 aromatic rings. The third-order valence-electron chi connectivity index (χ3n) is 3.62. The van der Waals surface area contributed by atoms with Crippen molar-refractivity contribution in [3.63, 3.8) is 0 Å². The molecule has 6 heteroatoms. The van der Waals surface area contributed by atoms with Gasteiger partial charge in [-0.1, -0.05) is 31.5 Å². The molecule has 0 radical (unpaired) electrons. The van der Waals surface area contributed by atoms with Crippen LogP contribution < -0.4 is 10.1 Å². The van der Waals surface area contributed by atoms with Crippen LogP contribution in [0, 0.1) is 10.1 Å². The zero-order valence-electron chi connectivity index (χ0n) is 14.2. The number of aryl methyl sites for hydroxylation is 1. The summed E-state index contributed by atoms with van der Waals surface area (Å²) in [6.45, 7) is 2.58. The molecule has 0 saturated heterocycles. The number of carbonyl (C=O) groups excluding carboxylic acids is 1. The molecule has 0 unspecified atom stereocenters. The van der Waals surface area contributed by atoms with E-state index in [0.717, 1.165) is 18.6 Å². The van der Waals surface area contributed by atoms with E-state index in [1.807, 2.05) is 24.3 Å². The second kappa shape index (κ2) is 9.42. The van der Waals surface area contributed by atoms with Gasteiger partial charge in [0.2, 0.25) is 5.91 Å². The summed E-state index contributed by atoms with van der Waals surface area (Å²) in [4.78, 5) is 22.1. The number of carbonyl (C=O) groups is 1. The summed E-state index contributed by atoms with van der Waals surface area (Å²) < 4.78 is 5.62. The predicted molar refractivity (Wildman–Crippen MR) is 96.9 cm³/mol. The van der Waals surface area contributed by atoms with Gasteiger partial charge in [0.15, 0.2) is 0 Å². The van der Waals surface area contributed by atoms with Crippen LogP contribution in [0.3, 0.4) is 0 Å². The third-order valence-corrected chi connectivity index (χ3v) is 3.62. The minimum absolute atomic E-state index is 0.0485. The van der Waals surface area contributed by atoms with Crippen molar-refractivity contribution in [2.24, 2.45) is 0 Å². The van der Waals surface area contributed by atoms with Crippen LogP contribution >= 0.6 is 0 Å². The largest absolute Gasteiger partial charge is 0.494 e. The van der Waals surface area contributed by atoms with Crippen molar-refractivity contribution in [1.29, 1.82) is 0 Å². The van der Waals surface area contributed by atoms with E-state index in [-0.39, 0.29) is 18.0 Å². The lowest BCUT2D eigenvalue weighted by molar-refractivity contribution is -0.384. The lowest BCUT2D eigenvalue weighted by Gasteiger charge is -2.08. The molecule has 1 amide bonds. The summed E-state index contributed by atoms with van der Waals surface area (Å²) in [7, 11) is 0. The van der Waals surface area contributed by atoms with E-state index < -0.39 is 4.92 Å². The lowest BCUT2D eigenvalue weighted by Crippen LogP contribution is -2.12. The van der Waals surface area contributed by atoms with Crippen LogP contribution in [0.15, 0.2) is 48.5 Å². The standard InChI is InChI=1S/C19H22N2O4/c1-2-5-15-9-11-18(12-10-15)25-13-4-8-19(22)20-16-6-3-7-17(14-16)21(23)24/h3,6-7,9-12,14H,2,4-5,8,13H2,1H3,(H,20,22). The van der Waals surface area contributed by atoms with E-state index in [1.165, 1.54) is 17.7 Å². The SMILES string of the molecule is CCCc1ccc(OCCCC(=O)Nc2cccc([N+](=O)[O-])c2)cc1. The van der Waals surface area contributed by atoms with Crippen LogP contribution in [0.25, 0.3) is 0 Å². The highest BCUT2D eigenvalue weighted by atomic mass is 16.6. The van der Waals surface area contributed by atoms with Crippen molar-refractivity contribution in [3.8, 4) is 5.75 Å². The van der Waals surface area contributed by atoms with Gasteiger partial charge in [-0.25, -0.2) is 0 Å². The molecular weight excluding hydrogens is 320 g/mol. The summed E-state index contributed by atoms with van der Waals surface area (Å²) in [6.07, 6.45) is 3.02. The fourth-order valence-electron chi connectivity index (χ4n) is 2.38. The van der Waals surface area contributed by atoms with Gasteiger partial charge in [0, 0.05) is 24.2 Å². The average Bonchev–Trinajstić information content (AvgIpc) is 2.60. The molecule has 0 aliphatic carbocycles. The first-order valence-corrected chi connectivity index (χ1v) is 8.34. The van der Waals surface area contributed by atoms with E-state index in [9.17, 15) is 14.9 Å². The predicted octanol–water partition coefficient (Wildman–Crippen LogP) is 4.35. The number of hydrogen-bond donors (Lipinski definition) is 1. The summed E-state index contributed by atoms with van der Waals surface area (Å²) in [5.41, 5.74) is 1.66. The number of nitro groups is 1. The van der Waals surface area contributed by atoms with Crippen molar-refractivity contribution < 1.29 is 14.5 Å². The molecule has 0 aliphatic rings. The van der Waals surface area contributed by atoms with Gasteiger partial charge in [0.25, 0.3) is 5.69 Å². The van der Waals surface area contributed by atoms with Crippen LogP contribution in [0.4, 0.5) is 11.4 Å². The van der Waals surface area contributed by atoms with Crippen LogP contribution in [0.1, 0.15) is 31.7 Å². The highest BCUT2D eigenvalue weighted by Gasteiger charge is 2.08. The van der Waals surface area contributed by atoms with Crippen LogP contribution in [0.5, 0.6) is 5.75 Å². The molecule has 132 valence electrons. The fraction of sp³-hybridized carbons (Fsp3) is 0.316. The molecule has 0 saturated carbocycles. The summed E-state index contributed by atoms with van der Waals surface area (Å²) in [6, 6.07) is 13.9.